The first kappa shape index (κ1) is 14.7. The van der Waals surface area contributed by atoms with Crippen molar-refractivity contribution >= 4 is 11.8 Å². The fourth-order valence-electron chi connectivity index (χ4n) is 2.86. The Morgan fingerprint density at radius 3 is 2.79 bits per heavy atom. The molecular formula is C15H22FNOS. The minimum absolute atomic E-state index is 0.0384. The molecule has 0 bridgehead atoms. The maximum atomic E-state index is 13.0. The first-order valence-electron chi connectivity index (χ1n) is 6.89. The number of thioether (sulfide) groups is 1. The van der Waals surface area contributed by atoms with E-state index in [0.717, 1.165) is 5.56 Å². The molecule has 0 aliphatic heterocycles. The molecule has 2 rings (SSSR count). The van der Waals surface area contributed by atoms with Gasteiger partial charge < -0.3 is 10.4 Å². The van der Waals surface area contributed by atoms with Gasteiger partial charge in [0.15, 0.2) is 0 Å². The molecule has 1 fully saturated rings. The number of rotatable bonds is 4. The van der Waals surface area contributed by atoms with Crippen LogP contribution in [-0.4, -0.2) is 22.7 Å². The maximum Gasteiger partial charge on any atom is 0.126 e. The van der Waals surface area contributed by atoms with Crippen molar-refractivity contribution in [1.82, 2.24) is 5.32 Å². The summed E-state index contributed by atoms with van der Waals surface area (Å²) in [5, 5.41) is 14.1. The van der Waals surface area contributed by atoms with Crippen LogP contribution in [0.5, 0.6) is 5.75 Å². The summed E-state index contributed by atoms with van der Waals surface area (Å²) >= 11 is 1.91. The topological polar surface area (TPSA) is 32.3 Å². The second-order valence-corrected chi connectivity index (χ2v) is 6.33. The van der Waals surface area contributed by atoms with Gasteiger partial charge >= 0.3 is 0 Å². The fraction of sp³-hybridized carbons (Fsp3) is 0.600. The van der Waals surface area contributed by atoms with E-state index in [2.05, 4.69) is 11.6 Å². The highest BCUT2D eigenvalue weighted by Gasteiger charge is 2.26. The number of phenolic OH excluding ortho intramolecular Hbond substituents is 1. The Kier molecular flexibility index (Phi) is 5.11. The van der Waals surface area contributed by atoms with Crippen LogP contribution in [0.4, 0.5) is 4.39 Å². The molecule has 1 aliphatic carbocycles. The van der Waals surface area contributed by atoms with Gasteiger partial charge in [-0.15, -0.1) is 0 Å². The van der Waals surface area contributed by atoms with Gasteiger partial charge in [0.05, 0.1) is 0 Å². The van der Waals surface area contributed by atoms with Crippen LogP contribution in [0.1, 0.15) is 44.2 Å². The van der Waals surface area contributed by atoms with E-state index in [4.69, 9.17) is 0 Å². The molecule has 106 valence electrons. The third-order valence-corrected chi connectivity index (χ3v) is 5.10. The van der Waals surface area contributed by atoms with E-state index in [1.54, 1.807) is 6.07 Å². The lowest BCUT2D eigenvalue weighted by atomic mass is 9.93. The highest BCUT2D eigenvalue weighted by Crippen LogP contribution is 2.31. The van der Waals surface area contributed by atoms with Gasteiger partial charge in [0.2, 0.25) is 0 Å². The number of benzene rings is 1. The van der Waals surface area contributed by atoms with E-state index in [-0.39, 0.29) is 11.8 Å². The van der Waals surface area contributed by atoms with Crippen molar-refractivity contribution in [2.75, 3.05) is 6.26 Å². The minimum Gasteiger partial charge on any atom is -0.508 e. The Morgan fingerprint density at radius 1 is 1.37 bits per heavy atom. The summed E-state index contributed by atoms with van der Waals surface area (Å²) in [5.41, 5.74) is 0.770. The largest absolute Gasteiger partial charge is 0.508 e. The van der Waals surface area contributed by atoms with E-state index in [1.807, 2.05) is 18.7 Å². The van der Waals surface area contributed by atoms with Gasteiger partial charge in [-0.2, -0.15) is 11.8 Å². The zero-order valence-electron chi connectivity index (χ0n) is 11.5. The Morgan fingerprint density at radius 2 is 2.11 bits per heavy atom. The molecule has 3 unspecified atom stereocenters. The molecule has 0 amide bonds. The Hall–Kier alpha value is -0.740. The van der Waals surface area contributed by atoms with E-state index >= 15 is 0 Å². The Bertz CT molecular complexity index is 427. The van der Waals surface area contributed by atoms with E-state index in [1.165, 1.54) is 37.8 Å². The number of nitrogens with one attached hydrogen (secondary N) is 1. The van der Waals surface area contributed by atoms with Crippen LogP contribution in [0.3, 0.4) is 0 Å². The standard InChI is InChI=1S/C15H22FNOS/c1-10(12-8-7-11(16)9-14(12)18)17-13-5-3-4-6-15(13)19-2/h7-10,13,15,17-18H,3-6H2,1-2H3. The highest BCUT2D eigenvalue weighted by molar-refractivity contribution is 7.99. The molecule has 4 heteroatoms. The molecule has 0 radical (unpaired) electrons. The molecule has 1 aromatic rings. The van der Waals surface area contributed by atoms with Crippen LogP contribution in [0.25, 0.3) is 0 Å². The number of halogens is 1. The van der Waals surface area contributed by atoms with E-state index in [9.17, 15) is 9.50 Å². The van der Waals surface area contributed by atoms with Gasteiger partial charge in [-0.1, -0.05) is 18.9 Å². The molecule has 0 aromatic heterocycles. The second-order valence-electron chi connectivity index (χ2n) is 5.26. The van der Waals surface area contributed by atoms with E-state index in [0.29, 0.717) is 11.3 Å². The predicted octanol–water partition coefficient (Wildman–Crippen LogP) is 3.86. The van der Waals surface area contributed by atoms with Crippen LogP contribution in [-0.2, 0) is 0 Å². The monoisotopic (exact) mass is 283 g/mol. The lowest BCUT2D eigenvalue weighted by Crippen LogP contribution is -2.41. The van der Waals surface area contributed by atoms with Gasteiger partial charge in [0, 0.05) is 29.0 Å². The zero-order chi connectivity index (χ0) is 13.8. The molecule has 0 saturated heterocycles. The molecule has 2 N–H and O–H groups in total. The summed E-state index contributed by atoms with van der Waals surface area (Å²) in [6.07, 6.45) is 7.15. The Balaban J connectivity index is 2.05. The normalized spacial score (nSPS) is 25.2. The number of phenols is 1. The number of aromatic hydroxyl groups is 1. The molecule has 1 aliphatic rings. The lowest BCUT2D eigenvalue weighted by molar-refractivity contribution is 0.350. The summed E-state index contributed by atoms with van der Waals surface area (Å²) < 4.78 is 13.0. The van der Waals surface area contributed by atoms with Crippen molar-refractivity contribution < 1.29 is 9.50 Å². The van der Waals surface area contributed by atoms with Crippen molar-refractivity contribution in [1.29, 1.82) is 0 Å². The quantitative estimate of drug-likeness (QED) is 0.880. The van der Waals surface area contributed by atoms with Gasteiger partial charge in [-0.25, -0.2) is 4.39 Å². The van der Waals surface area contributed by atoms with Crippen molar-refractivity contribution in [3.63, 3.8) is 0 Å². The summed E-state index contributed by atoms with van der Waals surface area (Å²) in [6.45, 7) is 2.03. The smallest absolute Gasteiger partial charge is 0.126 e. The summed E-state index contributed by atoms with van der Waals surface area (Å²) in [7, 11) is 0. The highest BCUT2D eigenvalue weighted by atomic mass is 32.2. The third-order valence-electron chi connectivity index (χ3n) is 3.93. The van der Waals surface area contributed by atoms with E-state index < -0.39 is 5.82 Å². The molecule has 0 spiro atoms. The van der Waals surface area contributed by atoms with Crippen LogP contribution < -0.4 is 5.32 Å². The molecule has 1 aromatic carbocycles. The minimum atomic E-state index is -0.395. The SMILES string of the molecule is CSC1CCCCC1NC(C)c1ccc(F)cc1O. The van der Waals surface area contributed by atoms with Crippen LogP contribution >= 0.6 is 11.8 Å². The maximum absolute atomic E-state index is 13.0. The van der Waals surface area contributed by atoms with Crippen LogP contribution in [0, 0.1) is 5.82 Å². The van der Waals surface area contributed by atoms with Gasteiger partial charge in [0.1, 0.15) is 11.6 Å². The van der Waals surface area contributed by atoms with Gasteiger partial charge in [0.25, 0.3) is 0 Å². The Labute approximate surface area is 118 Å². The number of hydrogen-bond acceptors (Lipinski definition) is 3. The second kappa shape index (κ2) is 6.62. The van der Waals surface area contributed by atoms with Gasteiger partial charge in [-0.05, 0) is 32.1 Å². The first-order valence-corrected chi connectivity index (χ1v) is 8.18. The molecule has 3 atom stereocenters. The van der Waals surface area contributed by atoms with Crippen LogP contribution in [0.2, 0.25) is 0 Å². The van der Waals surface area contributed by atoms with Crippen LogP contribution in [0.15, 0.2) is 18.2 Å². The average molecular weight is 283 g/mol. The third kappa shape index (κ3) is 3.63. The molecule has 19 heavy (non-hydrogen) atoms. The van der Waals surface area contributed by atoms with Crippen molar-refractivity contribution in [2.24, 2.45) is 0 Å². The average Bonchev–Trinajstić information content (AvgIpc) is 2.39. The summed E-state index contributed by atoms with van der Waals surface area (Å²) in [5.74, 6) is -0.357. The zero-order valence-corrected chi connectivity index (χ0v) is 12.3. The molecule has 0 heterocycles. The first-order chi connectivity index (χ1) is 9.11. The van der Waals surface area contributed by atoms with Crippen molar-refractivity contribution in [3.05, 3.63) is 29.6 Å². The lowest BCUT2D eigenvalue weighted by Gasteiger charge is -2.33. The molecular weight excluding hydrogens is 261 g/mol. The summed E-state index contributed by atoms with van der Waals surface area (Å²) in [4.78, 5) is 0. The fourth-order valence-corrected chi connectivity index (χ4v) is 3.81. The molecule has 1 saturated carbocycles. The predicted molar refractivity (Wildman–Crippen MR) is 79.2 cm³/mol. The summed E-state index contributed by atoms with van der Waals surface area (Å²) in [6, 6.07) is 4.77. The van der Waals surface area contributed by atoms with Crippen molar-refractivity contribution in [3.8, 4) is 5.75 Å². The number of hydrogen-bond donors (Lipinski definition) is 2. The molecule has 2 nitrogen and oxygen atoms in total. The van der Waals surface area contributed by atoms with Crippen molar-refractivity contribution in [2.45, 2.75) is 49.9 Å². The van der Waals surface area contributed by atoms with Gasteiger partial charge in [-0.3, -0.25) is 0 Å².